The fourth-order valence-corrected chi connectivity index (χ4v) is 5.85. The first-order valence-corrected chi connectivity index (χ1v) is 12.6. The van der Waals surface area contributed by atoms with E-state index in [4.69, 9.17) is 21.3 Å². The lowest BCUT2D eigenvalue weighted by molar-refractivity contribution is -0.126. The summed E-state index contributed by atoms with van der Waals surface area (Å²) in [5.41, 5.74) is 2.71. The van der Waals surface area contributed by atoms with Gasteiger partial charge in [-0.3, -0.25) is 4.79 Å². The number of nitrogens with zero attached hydrogens (tertiary/aromatic N) is 2. The van der Waals surface area contributed by atoms with Gasteiger partial charge in [-0.15, -0.1) is 0 Å². The van der Waals surface area contributed by atoms with E-state index in [-0.39, 0.29) is 23.9 Å². The Bertz CT molecular complexity index is 1130. The van der Waals surface area contributed by atoms with Crippen LogP contribution in [-0.2, 0) is 4.79 Å². The number of carbonyl (C=O) groups is 1. The van der Waals surface area contributed by atoms with E-state index in [9.17, 15) is 4.79 Å². The van der Waals surface area contributed by atoms with E-state index in [1.165, 1.54) is 32.1 Å². The highest BCUT2D eigenvalue weighted by Crippen LogP contribution is 2.40. The van der Waals surface area contributed by atoms with Crippen LogP contribution in [0.2, 0.25) is 5.02 Å². The molecule has 0 bridgehead atoms. The van der Waals surface area contributed by atoms with Crippen LogP contribution < -0.4 is 10.1 Å². The number of imidazole rings is 1. The Balaban J connectivity index is 1.65. The number of amides is 1. The number of halogens is 1. The Labute approximate surface area is 200 Å². The fraction of sp³-hybridized carbons (Fsp3) is 0.481. The monoisotopic (exact) mass is 465 g/mol. The minimum Gasteiger partial charge on any atom is -0.497 e. The van der Waals surface area contributed by atoms with E-state index in [1.54, 1.807) is 7.11 Å². The van der Waals surface area contributed by atoms with Crippen LogP contribution in [0.4, 0.5) is 0 Å². The minimum atomic E-state index is -0.305. The zero-order valence-corrected chi connectivity index (χ0v) is 20.0. The van der Waals surface area contributed by atoms with Crippen LogP contribution in [0.1, 0.15) is 63.8 Å². The molecule has 2 aliphatic rings. The van der Waals surface area contributed by atoms with E-state index in [2.05, 4.69) is 9.88 Å². The summed E-state index contributed by atoms with van der Waals surface area (Å²) in [6.45, 7) is 0. The number of fused-ring (bicyclic) bond motifs is 1. The van der Waals surface area contributed by atoms with Gasteiger partial charge in [-0.1, -0.05) is 55.8 Å². The van der Waals surface area contributed by atoms with Crippen molar-refractivity contribution in [2.24, 2.45) is 5.92 Å². The molecule has 5 rings (SSSR count). The summed E-state index contributed by atoms with van der Waals surface area (Å²) in [6.07, 6.45) is 10.2. The number of hydrogen-bond acceptors (Lipinski definition) is 3. The topological polar surface area (TPSA) is 56.2 Å². The van der Waals surface area contributed by atoms with Crippen molar-refractivity contribution in [3.8, 4) is 17.1 Å². The van der Waals surface area contributed by atoms with E-state index in [0.717, 1.165) is 53.9 Å². The first-order valence-electron chi connectivity index (χ1n) is 12.3. The molecule has 1 aromatic heterocycles. The molecule has 2 saturated carbocycles. The molecule has 2 fully saturated rings. The van der Waals surface area contributed by atoms with Crippen LogP contribution in [0.25, 0.3) is 22.4 Å². The predicted molar refractivity (Wildman–Crippen MR) is 133 cm³/mol. The van der Waals surface area contributed by atoms with Crippen molar-refractivity contribution in [2.45, 2.75) is 69.9 Å². The van der Waals surface area contributed by atoms with Gasteiger partial charge in [0.2, 0.25) is 5.91 Å². The maximum Gasteiger partial charge on any atom is 0.243 e. The van der Waals surface area contributed by atoms with Crippen LogP contribution in [-0.4, -0.2) is 28.6 Å². The molecule has 0 aliphatic heterocycles. The number of nitrogens with one attached hydrogen (secondary N) is 1. The standard InChI is InChI=1S/C27H32ClN3O2/c1-33-22-14-15-23-24(17-22)31(26(30-23)19-10-7-11-20(28)16-19)25(18-8-5-6-9-18)27(32)29-21-12-3-2-4-13-21/h7,10-11,14-18,21,25H,2-6,8-9,12-13H2,1H3,(H,29,32). The van der Waals surface area contributed by atoms with Crippen molar-refractivity contribution in [3.63, 3.8) is 0 Å². The van der Waals surface area contributed by atoms with E-state index >= 15 is 0 Å². The van der Waals surface area contributed by atoms with Gasteiger partial charge in [-0.05, 0) is 55.9 Å². The molecule has 1 amide bonds. The molecule has 33 heavy (non-hydrogen) atoms. The van der Waals surface area contributed by atoms with Gasteiger partial charge in [0.05, 0.1) is 18.1 Å². The van der Waals surface area contributed by atoms with Gasteiger partial charge in [0.1, 0.15) is 17.6 Å². The zero-order valence-electron chi connectivity index (χ0n) is 19.2. The second-order valence-corrected chi connectivity index (χ2v) is 9.94. The minimum absolute atomic E-state index is 0.124. The zero-order chi connectivity index (χ0) is 22.8. The van der Waals surface area contributed by atoms with Crippen LogP contribution >= 0.6 is 11.6 Å². The molecule has 1 atom stereocenters. The number of aromatic nitrogens is 2. The Kier molecular flexibility index (Phi) is 6.59. The van der Waals surface area contributed by atoms with Crippen molar-refractivity contribution in [2.75, 3.05) is 7.11 Å². The van der Waals surface area contributed by atoms with Crippen molar-refractivity contribution < 1.29 is 9.53 Å². The molecule has 3 aromatic rings. The highest BCUT2D eigenvalue weighted by molar-refractivity contribution is 6.30. The molecule has 0 spiro atoms. The molecule has 1 unspecified atom stereocenters. The van der Waals surface area contributed by atoms with Crippen molar-refractivity contribution in [1.82, 2.24) is 14.9 Å². The first-order chi connectivity index (χ1) is 16.1. The third kappa shape index (κ3) is 4.61. The van der Waals surface area contributed by atoms with E-state index in [1.807, 2.05) is 42.5 Å². The smallest absolute Gasteiger partial charge is 0.243 e. The summed E-state index contributed by atoms with van der Waals surface area (Å²) in [5.74, 6) is 1.96. The molecular weight excluding hydrogens is 434 g/mol. The highest BCUT2D eigenvalue weighted by atomic mass is 35.5. The number of rotatable bonds is 6. The maximum absolute atomic E-state index is 13.9. The number of ether oxygens (including phenoxy) is 1. The van der Waals surface area contributed by atoms with E-state index < -0.39 is 0 Å². The van der Waals surface area contributed by atoms with Crippen molar-refractivity contribution in [1.29, 1.82) is 0 Å². The number of carbonyl (C=O) groups excluding carboxylic acids is 1. The molecule has 174 valence electrons. The molecular formula is C27H32ClN3O2. The second kappa shape index (κ2) is 9.76. The third-order valence-corrected chi connectivity index (χ3v) is 7.56. The largest absolute Gasteiger partial charge is 0.497 e. The average molecular weight is 466 g/mol. The molecule has 0 saturated heterocycles. The van der Waals surface area contributed by atoms with Gasteiger partial charge in [-0.2, -0.15) is 0 Å². The quantitative estimate of drug-likeness (QED) is 0.449. The van der Waals surface area contributed by atoms with Gasteiger partial charge in [0, 0.05) is 22.7 Å². The molecule has 2 aromatic carbocycles. The van der Waals surface area contributed by atoms with Gasteiger partial charge >= 0.3 is 0 Å². The summed E-state index contributed by atoms with van der Waals surface area (Å²) < 4.78 is 7.70. The Morgan fingerprint density at radius 2 is 1.82 bits per heavy atom. The lowest BCUT2D eigenvalue weighted by Crippen LogP contribution is -2.43. The fourth-order valence-electron chi connectivity index (χ4n) is 5.66. The summed E-state index contributed by atoms with van der Waals surface area (Å²) in [4.78, 5) is 18.9. The number of methoxy groups -OCH3 is 1. The van der Waals surface area contributed by atoms with Crippen LogP contribution in [0.5, 0.6) is 5.75 Å². The van der Waals surface area contributed by atoms with Crippen molar-refractivity contribution >= 4 is 28.5 Å². The Morgan fingerprint density at radius 1 is 1.06 bits per heavy atom. The number of benzene rings is 2. The molecule has 1 heterocycles. The summed E-state index contributed by atoms with van der Waals surface area (Å²) in [5, 5.41) is 4.08. The normalized spacial score (nSPS) is 18.5. The van der Waals surface area contributed by atoms with Crippen molar-refractivity contribution in [3.05, 3.63) is 47.5 Å². The van der Waals surface area contributed by atoms with Crippen LogP contribution in [0.15, 0.2) is 42.5 Å². The average Bonchev–Trinajstić information content (AvgIpc) is 3.48. The summed E-state index contributed by atoms with van der Waals surface area (Å²) >= 11 is 6.36. The van der Waals surface area contributed by atoms with E-state index in [0.29, 0.717) is 5.02 Å². The molecule has 0 radical (unpaired) electrons. The lowest BCUT2D eigenvalue weighted by Gasteiger charge is -2.30. The molecule has 2 aliphatic carbocycles. The molecule has 6 heteroatoms. The molecule has 5 nitrogen and oxygen atoms in total. The lowest BCUT2D eigenvalue weighted by atomic mass is 9.93. The SMILES string of the molecule is COc1ccc2nc(-c3cccc(Cl)c3)n(C(C(=O)NC3CCCCC3)C3CCCC3)c2c1. The van der Waals surface area contributed by atoms with Crippen LogP contribution in [0, 0.1) is 5.92 Å². The highest BCUT2D eigenvalue weighted by Gasteiger charge is 2.36. The molecule has 1 N–H and O–H groups in total. The van der Waals surface area contributed by atoms with Gasteiger partial charge in [-0.25, -0.2) is 4.98 Å². The summed E-state index contributed by atoms with van der Waals surface area (Å²) in [7, 11) is 1.67. The Hall–Kier alpha value is -2.53. The first kappa shape index (κ1) is 22.3. The van der Waals surface area contributed by atoms with Gasteiger partial charge < -0.3 is 14.6 Å². The van der Waals surface area contributed by atoms with Crippen LogP contribution in [0.3, 0.4) is 0 Å². The summed E-state index contributed by atoms with van der Waals surface area (Å²) in [6, 6.07) is 13.6. The predicted octanol–water partition coefficient (Wildman–Crippen LogP) is 6.55. The van der Waals surface area contributed by atoms with Gasteiger partial charge in [0.15, 0.2) is 0 Å². The number of hydrogen-bond donors (Lipinski definition) is 1. The third-order valence-electron chi connectivity index (χ3n) is 7.32. The Morgan fingerprint density at radius 3 is 2.55 bits per heavy atom. The maximum atomic E-state index is 13.9. The second-order valence-electron chi connectivity index (χ2n) is 9.50. The van der Waals surface area contributed by atoms with Gasteiger partial charge in [0.25, 0.3) is 0 Å².